The molecule has 0 spiro atoms. The Bertz CT molecular complexity index is 237. The molecule has 0 aromatic carbocycles. The van der Waals surface area contributed by atoms with E-state index in [2.05, 4.69) is 9.97 Å². The van der Waals surface area contributed by atoms with Gasteiger partial charge < -0.3 is 4.90 Å². The highest BCUT2D eigenvalue weighted by Gasteiger charge is 1.98. The summed E-state index contributed by atoms with van der Waals surface area (Å²) in [4.78, 5) is 10.1. The van der Waals surface area contributed by atoms with E-state index in [9.17, 15) is 0 Å². The Labute approximate surface area is 71.0 Å². The minimum absolute atomic E-state index is 0.434. The van der Waals surface area contributed by atoms with Crippen LogP contribution in [0, 0.1) is 0 Å². The van der Waals surface area contributed by atoms with Gasteiger partial charge in [0.15, 0.2) is 0 Å². The summed E-state index contributed by atoms with van der Waals surface area (Å²) in [5, 5.41) is 0. The van der Waals surface area contributed by atoms with Crippen molar-refractivity contribution in [1.29, 1.82) is 0 Å². The molecule has 0 bridgehead atoms. The van der Waals surface area contributed by atoms with Crippen molar-refractivity contribution >= 4 is 17.5 Å². The first kappa shape index (κ1) is 8.27. The maximum absolute atomic E-state index is 5.59. The molecule has 0 unspecified atom stereocenters. The number of aromatic nitrogens is 2. The van der Waals surface area contributed by atoms with Gasteiger partial charge in [-0.25, -0.2) is 9.97 Å². The van der Waals surface area contributed by atoms with Crippen LogP contribution >= 0.6 is 11.6 Å². The Hall–Kier alpha value is -0.830. The number of nitrogens with zero attached hydrogens (tertiary/aromatic N) is 3. The summed E-state index contributed by atoms with van der Waals surface area (Å²) in [5.74, 6) is 1.13. The molecule has 60 valence electrons. The van der Waals surface area contributed by atoms with E-state index in [1.807, 2.05) is 19.0 Å². The van der Waals surface area contributed by atoms with Crippen molar-refractivity contribution in [2.24, 2.45) is 0 Å². The zero-order valence-corrected chi connectivity index (χ0v) is 7.34. The van der Waals surface area contributed by atoms with E-state index in [0.717, 1.165) is 5.69 Å². The van der Waals surface area contributed by atoms with Gasteiger partial charge in [-0.15, -0.1) is 11.6 Å². The first-order valence-corrected chi connectivity index (χ1v) is 3.82. The van der Waals surface area contributed by atoms with E-state index < -0.39 is 0 Å². The van der Waals surface area contributed by atoms with Crippen LogP contribution in [0.3, 0.4) is 0 Å². The predicted octanol–water partition coefficient (Wildman–Crippen LogP) is 1.28. The minimum Gasteiger partial charge on any atom is -0.347 e. The van der Waals surface area contributed by atoms with E-state index in [4.69, 9.17) is 11.6 Å². The highest BCUT2D eigenvalue weighted by atomic mass is 35.5. The molecule has 0 aliphatic heterocycles. The average molecular weight is 172 g/mol. The Morgan fingerprint density at radius 3 is 2.82 bits per heavy atom. The lowest BCUT2D eigenvalue weighted by molar-refractivity contribution is 0.971. The molecule has 11 heavy (non-hydrogen) atoms. The molecule has 1 heterocycles. The third-order valence-electron chi connectivity index (χ3n) is 1.24. The quantitative estimate of drug-likeness (QED) is 0.628. The van der Waals surface area contributed by atoms with Gasteiger partial charge in [-0.05, 0) is 6.07 Å². The number of halogens is 1. The van der Waals surface area contributed by atoms with Crippen LogP contribution in [-0.2, 0) is 5.88 Å². The third-order valence-corrected chi connectivity index (χ3v) is 1.51. The van der Waals surface area contributed by atoms with Crippen molar-refractivity contribution in [3.05, 3.63) is 18.0 Å². The highest BCUT2D eigenvalue weighted by molar-refractivity contribution is 6.16. The minimum atomic E-state index is 0.434. The van der Waals surface area contributed by atoms with Gasteiger partial charge in [0.25, 0.3) is 0 Å². The number of hydrogen-bond donors (Lipinski definition) is 0. The second-order valence-corrected chi connectivity index (χ2v) is 2.64. The average Bonchev–Trinajstić information content (AvgIpc) is 2.05. The van der Waals surface area contributed by atoms with Crippen LogP contribution in [0.2, 0.25) is 0 Å². The molecule has 0 N–H and O–H groups in total. The predicted molar refractivity (Wildman–Crippen MR) is 45.9 cm³/mol. The molecule has 1 aromatic heterocycles. The summed E-state index contributed by atoms with van der Waals surface area (Å²) in [6.45, 7) is 0. The molecule has 0 radical (unpaired) electrons. The van der Waals surface area contributed by atoms with Crippen LogP contribution in [-0.4, -0.2) is 24.1 Å². The van der Waals surface area contributed by atoms with Gasteiger partial charge in [0.1, 0.15) is 0 Å². The Morgan fingerprint density at radius 2 is 2.27 bits per heavy atom. The molecule has 0 atom stereocenters. The monoisotopic (exact) mass is 171 g/mol. The molecule has 0 fully saturated rings. The molecular formula is C7H10ClN3. The van der Waals surface area contributed by atoms with Crippen molar-refractivity contribution in [1.82, 2.24) is 9.97 Å². The first-order valence-electron chi connectivity index (χ1n) is 3.29. The van der Waals surface area contributed by atoms with Gasteiger partial charge in [-0.1, -0.05) is 0 Å². The SMILES string of the molecule is CN(C)c1nccc(CCl)n1. The van der Waals surface area contributed by atoms with E-state index in [1.54, 1.807) is 12.3 Å². The van der Waals surface area contributed by atoms with Crippen molar-refractivity contribution in [3.8, 4) is 0 Å². The second-order valence-electron chi connectivity index (χ2n) is 2.38. The fourth-order valence-electron chi connectivity index (χ4n) is 0.674. The van der Waals surface area contributed by atoms with E-state index in [0.29, 0.717) is 11.8 Å². The maximum atomic E-state index is 5.59. The van der Waals surface area contributed by atoms with E-state index in [-0.39, 0.29) is 0 Å². The van der Waals surface area contributed by atoms with Gasteiger partial charge in [-0.2, -0.15) is 0 Å². The molecule has 0 saturated heterocycles. The number of rotatable bonds is 2. The number of alkyl halides is 1. The van der Waals surface area contributed by atoms with Crippen molar-refractivity contribution in [2.75, 3.05) is 19.0 Å². The zero-order chi connectivity index (χ0) is 8.27. The molecule has 0 aliphatic rings. The largest absolute Gasteiger partial charge is 0.347 e. The van der Waals surface area contributed by atoms with Gasteiger partial charge in [-0.3, -0.25) is 0 Å². The van der Waals surface area contributed by atoms with Crippen LogP contribution in [0.1, 0.15) is 5.69 Å². The maximum Gasteiger partial charge on any atom is 0.225 e. The summed E-state index contributed by atoms with van der Waals surface area (Å²) in [6, 6.07) is 1.81. The van der Waals surface area contributed by atoms with Crippen molar-refractivity contribution in [2.45, 2.75) is 5.88 Å². The molecule has 0 amide bonds. The zero-order valence-electron chi connectivity index (χ0n) is 6.58. The second kappa shape index (κ2) is 3.53. The first-order chi connectivity index (χ1) is 5.24. The summed E-state index contributed by atoms with van der Waals surface area (Å²) in [6.07, 6.45) is 1.71. The fourth-order valence-corrected chi connectivity index (χ4v) is 0.823. The summed E-state index contributed by atoms with van der Waals surface area (Å²) >= 11 is 5.59. The standard InChI is InChI=1S/C7H10ClN3/c1-11(2)7-9-4-3-6(5-8)10-7/h3-4H,5H2,1-2H3. The number of hydrogen-bond acceptors (Lipinski definition) is 3. The summed E-state index contributed by atoms with van der Waals surface area (Å²) in [7, 11) is 3.79. The van der Waals surface area contributed by atoms with Gasteiger partial charge in [0, 0.05) is 20.3 Å². The smallest absolute Gasteiger partial charge is 0.225 e. The van der Waals surface area contributed by atoms with Gasteiger partial charge in [0.2, 0.25) is 5.95 Å². The van der Waals surface area contributed by atoms with Crippen LogP contribution in [0.15, 0.2) is 12.3 Å². The van der Waals surface area contributed by atoms with Gasteiger partial charge in [0.05, 0.1) is 11.6 Å². The molecule has 0 aliphatic carbocycles. The van der Waals surface area contributed by atoms with E-state index >= 15 is 0 Å². The number of anilines is 1. The van der Waals surface area contributed by atoms with E-state index in [1.165, 1.54) is 0 Å². The van der Waals surface area contributed by atoms with Crippen LogP contribution in [0.5, 0.6) is 0 Å². The lowest BCUT2D eigenvalue weighted by Crippen LogP contribution is -2.12. The molecule has 4 heteroatoms. The van der Waals surface area contributed by atoms with Crippen LogP contribution < -0.4 is 4.90 Å². The highest BCUT2D eigenvalue weighted by Crippen LogP contribution is 2.04. The molecule has 1 aromatic rings. The van der Waals surface area contributed by atoms with Crippen LogP contribution in [0.4, 0.5) is 5.95 Å². The molecule has 3 nitrogen and oxygen atoms in total. The molecule has 1 rings (SSSR count). The lowest BCUT2D eigenvalue weighted by Gasteiger charge is -2.09. The fraction of sp³-hybridized carbons (Fsp3) is 0.429. The Kier molecular flexibility index (Phi) is 2.65. The molecule has 0 saturated carbocycles. The third kappa shape index (κ3) is 2.05. The van der Waals surface area contributed by atoms with Gasteiger partial charge >= 0.3 is 0 Å². The molecular weight excluding hydrogens is 162 g/mol. The Morgan fingerprint density at radius 1 is 1.55 bits per heavy atom. The summed E-state index contributed by atoms with van der Waals surface area (Å²) in [5.41, 5.74) is 0.852. The Balaban J connectivity index is 2.91. The lowest BCUT2D eigenvalue weighted by atomic mass is 10.4. The topological polar surface area (TPSA) is 29.0 Å². The summed E-state index contributed by atoms with van der Waals surface area (Å²) < 4.78 is 0. The van der Waals surface area contributed by atoms with Crippen molar-refractivity contribution < 1.29 is 0 Å². The van der Waals surface area contributed by atoms with Crippen molar-refractivity contribution in [3.63, 3.8) is 0 Å². The normalized spacial score (nSPS) is 9.73. The van der Waals surface area contributed by atoms with Crippen LogP contribution in [0.25, 0.3) is 0 Å².